The SMILES string of the molecule is CCC(CC)N1CCc2ccc(C(=O)O)cc21. The molecule has 1 aromatic rings. The quantitative estimate of drug-likeness (QED) is 0.869. The van der Waals surface area contributed by atoms with Crippen molar-refractivity contribution in [2.75, 3.05) is 11.4 Å². The van der Waals surface area contributed by atoms with Gasteiger partial charge in [0.2, 0.25) is 0 Å². The van der Waals surface area contributed by atoms with Crippen LogP contribution in [-0.4, -0.2) is 23.7 Å². The number of benzene rings is 1. The zero-order valence-corrected chi connectivity index (χ0v) is 10.4. The van der Waals surface area contributed by atoms with Gasteiger partial charge in [-0.25, -0.2) is 4.79 Å². The van der Waals surface area contributed by atoms with Gasteiger partial charge in [-0.3, -0.25) is 0 Å². The second-order valence-electron chi connectivity index (χ2n) is 4.56. The molecule has 0 radical (unpaired) electrons. The Morgan fingerprint density at radius 1 is 1.41 bits per heavy atom. The molecule has 1 N–H and O–H groups in total. The van der Waals surface area contributed by atoms with Crippen LogP contribution in [0.15, 0.2) is 18.2 Å². The van der Waals surface area contributed by atoms with Crippen LogP contribution >= 0.6 is 0 Å². The van der Waals surface area contributed by atoms with Crippen molar-refractivity contribution in [2.45, 2.75) is 39.2 Å². The summed E-state index contributed by atoms with van der Waals surface area (Å²) in [5.74, 6) is -0.843. The van der Waals surface area contributed by atoms with Crippen LogP contribution in [0.25, 0.3) is 0 Å². The Morgan fingerprint density at radius 2 is 2.12 bits per heavy atom. The number of carboxylic acid groups (broad SMARTS) is 1. The monoisotopic (exact) mass is 233 g/mol. The van der Waals surface area contributed by atoms with Gasteiger partial charge in [-0.15, -0.1) is 0 Å². The number of fused-ring (bicyclic) bond motifs is 1. The minimum absolute atomic E-state index is 0.390. The van der Waals surface area contributed by atoms with Crippen molar-refractivity contribution in [2.24, 2.45) is 0 Å². The number of rotatable bonds is 4. The smallest absolute Gasteiger partial charge is 0.335 e. The minimum Gasteiger partial charge on any atom is -0.478 e. The lowest BCUT2D eigenvalue weighted by molar-refractivity contribution is 0.0697. The van der Waals surface area contributed by atoms with E-state index in [0.29, 0.717) is 11.6 Å². The molecule has 0 amide bonds. The molecule has 1 aliphatic heterocycles. The highest BCUT2D eigenvalue weighted by molar-refractivity contribution is 5.89. The van der Waals surface area contributed by atoms with Crippen LogP contribution in [-0.2, 0) is 6.42 Å². The van der Waals surface area contributed by atoms with Crippen molar-refractivity contribution in [3.63, 3.8) is 0 Å². The van der Waals surface area contributed by atoms with Gasteiger partial charge >= 0.3 is 5.97 Å². The van der Waals surface area contributed by atoms with Gasteiger partial charge in [-0.1, -0.05) is 19.9 Å². The average molecular weight is 233 g/mol. The maximum absolute atomic E-state index is 11.0. The Morgan fingerprint density at radius 3 is 2.71 bits per heavy atom. The van der Waals surface area contributed by atoms with E-state index in [4.69, 9.17) is 5.11 Å². The summed E-state index contributed by atoms with van der Waals surface area (Å²) in [6, 6.07) is 6.02. The number of nitrogens with zero attached hydrogens (tertiary/aromatic N) is 1. The highest BCUT2D eigenvalue weighted by Crippen LogP contribution is 2.32. The second-order valence-corrected chi connectivity index (χ2v) is 4.56. The number of carboxylic acids is 1. The molecule has 0 fully saturated rings. The Balaban J connectivity index is 2.35. The highest BCUT2D eigenvalue weighted by atomic mass is 16.4. The predicted octanol–water partition coefficient (Wildman–Crippen LogP) is 2.94. The molecule has 2 rings (SSSR count). The summed E-state index contributed by atoms with van der Waals surface area (Å²) in [6.45, 7) is 5.39. The third-order valence-electron chi connectivity index (χ3n) is 3.65. The van der Waals surface area contributed by atoms with E-state index in [1.165, 1.54) is 5.56 Å². The molecule has 0 atom stereocenters. The summed E-state index contributed by atoms with van der Waals surface area (Å²) in [5.41, 5.74) is 2.79. The minimum atomic E-state index is -0.843. The van der Waals surface area contributed by atoms with Crippen LogP contribution in [0.2, 0.25) is 0 Å². The Bertz CT molecular complexity index is 424. The Labute approximate surface area is 102 Å². The van der Waals surface area contributed by atoms with Crippen molar-refractivity contribution in [3.8, 4) is 0 Å². The number of carbonyl (C=O) groups is 1. The molecule has 1 heterocycles. The molecule has 3 nitrogen and oxygen atoms in total. The predicted molar refractivity (Wildman–Crippen MR) is 68.8 cm³/mol. The maximum Gasteiger partial charge on any atom is 0.335 e. The normalized spacial score (nSPS) is 14.2. The van der Waals surface area contributed by atoms with E-state index in [1.54, 1.807) is 6.07 Å². The summed E-state index contributed by atoms with van der Waals surface area (Å²) in [7, 11) is 0. The van der Waals surface area contributed by atoms with Gasteiger partial charge in [-0.05, 0) is 37.0 Å². The van der Waals surface area contributed by atoms with E-state index in [-0.39, 0.29) is 0 Å². The lowest BCUT2D eigenvalue weighted by atomic mass is 10.1. The molecular formula is C14H19NO2. The fourth-order valence-electron chi connectivity index (χ4n) is 2.65. The Kier molecular flexibility index (Phi) is 3.36. The third kappa shape index (κ3) is 2.14. The molecule has 0 spiro atoms. The fraction of sp³-hybridized carbons (Fsp3) is 0.500. The van der Waals surface area contributed by atoms with E-state index in [9.17, 15) is 4.79 Å². The molecule has 0 unspecified atom stereocenters. The first kappa shape index (κ1) is 12.0. The van der Waals surface area contributed by atoms with Gasteiger partial charge in [0.15, 0.2) is 0 Å². The highest BCUT2D eigenvalue weighted by Gasteiger charge is 2.24. The van der Waals surface area contributed by atoms with E-state index in [1.807, 2.05) is 12.1 Å². The van der Waals surface area contributed by atoms with Crippen molar-refractivity contribution < 1.29 is 9.90 Å². The molecule has 0 aliphatic carbocycles. The fourth-order valence-corrected chi connectivity index (χ4v) is 2.65. The molecule has 17 heavy (non-hydrogen) atoms. The standard InChI is InChI=1S/C14H19NO2/c1-3-12(4-2)15-8-7-10-5-6-11(14(16)17)9-13(10)15/h5-6,9,12H,3-4,7-8H2,1-2H3,(H,16,17). The van der Waals surface area contributed by atoms with Gasteiger partial charge in [-0.2, -0.15) is 0 Å². The van der Waals surface area contributed by atoms with Gasteiger partial charge in [0.05, 0.1) is 5.56 Å². The first-order valence-electron chi connectivity index (χ1n) is 6.30. The van der Waals surface area contributed by atoms with Gasteiger partial charge < -0.3 is 10.0 Å². The topological polar surface area (TPSA) is 40.5 Å². The van der Waals surface area contributed by atoms with Crippen molar-refractivity contribution in [1.82, 2.24) is 0 Å². The molecule has 3 heteroatoms. The molecular weight excluding hydrogens is 214 g/mol. The molecule has 0 saturated heterocycles. The van der Waals surface area contributed by atoms with E-state index in [0.717, 1.165) is 31.5 Å². The van der Waals surface area contributed by atoms with E-state index < -0.39 is 5.97 Å². The molecule has 0 bridgehead atoms. The van der Waals surface area contributed by atoms with Gasteiger partial charge in [0.25, 0.3) is 0 Å². The lowest BCUT2D eigenvalue weighted by Crippen LogP contribution is -2.32. The summed E-state index contributed by atoms with van der Waals surface area (Å²) in [4.78, 5) is 13.4. The zero-order chi connectivity index (χ0) is 12.4. The number of hydrogen-bond acceptors (Lipinski definition) is 2. The summed E-state index contributed by atoms with van der Waals surface area (Å²) in [5, 5.41) is 9.04. The molecule has 0 saturated carbocycles. The average Bonchev–Trinajstić information content (AvgIpc) is 2.74. The van der Waals surface area contributed by atoms with Gasteiger partial charge in [0.1, 0.15) is 0 Å². The number of hydrogen-bond donors (Lipinski definition) is 1. The van der Waals surface area contributed by atoms with Crippen molar-refractivity contribution >= 4 is 11.7 Å². The van der Waals surface area contributed by atoms with Crippen LogP contribution in [0.3, 0.4) is 0 Å². The summed E-state index contributed by atoms with van der Waals surface area (Å²) < 4.78 is 0. The summed E-state index contributed by atoms with van der Waals surface area (Å²) >= 11 is 0. The first-order valence-corrected chi connectivity index (χ1v) is 6.30. The molecule has 0 aromatic heterocycles. The number of anilines is 1. The van der Waals surface area contributed by atoms with Crippen molar-refractivity contribution in [1.29, 1.82) is 0 Å². The van der Waals surface area contributed by atoms with Crippen LogP contribution in [0.1, 0.15) is 42.6 Å². The first-order chi connectivity index (χ1) is 8.17. The second kappa shape index (κ2) is 4.78. The van der Waals surface area contributed by atoms with Crippen LogP contribution < -0.4 is 4.90 Å². The van der Waals surface area contributed by atoms with Crippen LogP contribution in [0.5, 0.6) is 0 Å². The largest absolute Gasteiger partial charge is 0.478 e. The van der Waals surface area contributed by atoms with Gasteiger partial charge in [0, 0.05) is 18.3 Å². The number of aromatic carboxylic acids is 1. The summed E-state index contributed by atoms with van der Waals surface area (Å²) in [6.07, 6.45) is 3.24. The molecule has 1 aromatic carbocycles. The van der Waals surface area contributed by atoms with Crippen LogP contribution in [0.4, 0.5) is 5.69 Å². The molecule has 1 aliphatic rings. The zero-order valence-electron chi connectivity index (χ0n) is 10.4. The van der Waals surface area contributed by atoms with Crippen molar-refractivity contribution in [3.05, 3.63) is 29.3 Å². The maximum atomic E-state index is 11.0. The Hall–Kier alpha value is -1.51. The molecule has 92 valence electrons. The van der Waals surface area contributed by atoms with E-state index in [2.05, 4.69) is 18.7 Å². The van der Waals surface area contributed by atoms with Crippen LogP contribution in [0, 0.1) is 0 Å². The third-order valence-corrected chi connectivity index (χ3v) is 3.65. The lowest BCUT2D eigenvalue weighted by Gasteiger charge is -2.28. The van der Waals surface area contributed by atoms with E-state index >= 15 is 0 Å².